The summed E-state index contributed by atoms with van der Waals surface area (Å²) >= 11 is 0. The van der Waals surface area contributed by atoms with Gasteiger partial charge in [0, 0.05) is 5.56 Å². The summed E-state index contributed by atoms with van der Waals surface area (Å²) in [6.45, 7) is 0. The third-order valence-electron chi connectivity index (χ3n) is 2.09. The zero-order chi connectivity index (χ0) is 10.1. The summed E-state index contributed by atoms with van der Waals surface area (Å²) in [5, 5.41) is 21.2. The van der Waals surface area contributed by atoms with Crippen LogP contribution in [0.3, 0.4) is 0 Å². The molecule has 3 nitrogen and oxygen atoms in total. The van der Waals surface area contributed by atoms with Crippen LogP contribution in [0.2, 0.25) is 0 Å². The fraction of sp³-hybridized carbons (Fsp3) is 0. The van der Waals surface area contributed by atoms with Crippen molar-refractivity contribution in [2.45, 2.75) is 0 Å². The molecule has 2 aromatic carbocycles. The number of carboxylic acids is 1. The molecular weight excluding hydrogens is 203 g/mol. The zero-order valence-electron chi connectivity index (χ0n) is 8.23. The van der Waals surface area contributed by atoms with E-state index in [1.165, 1.54) is 18.2 Å². The number of rotatable bonds is 1. The molecule has 0 fully saturated rings. The topological polar surface area (TPSA) is 60.4 Å². The molecule has 0 aromatic heterocycles. The average molecular weight is 210 g/mol. The largest absolute Gasteiger partial charge is 1.00 e. The Hall–Kier alpha value is -1.03. The van der Waals surface area contributed by atoms with E-state index in [-0.39, 0.29) is 40.9 Å². The van der Waals surface area contributed by atoms with E-state index >= 15 is 0 Å². The third-order valence-corrected chi connectivity index (χ3v) is 2.09. The average Bonchev–Trinajstić information content (AvgIpc) is 2.16. The summed E-state index contributed by atoms with van der Waals surface area (Å²) in [7, 11) is 0. The fourth-order valence-electron chi connectivity index (χ4n) is 1.44. The maximum Gasteiger partial charge on any atom is 1.00 e. The maximum absolute atomic E-state index is 10.7. The van der Waals surface area contributed by atoms with Gasteiger partial charge in [-0.1, -0.05) is 24.3 Å². The summed E-state index contributed by atoms with van der Waals surface area (Å²) in [5.74, 6) is -1.19. The van der Waals surface area contributed by atoms with Gasteiger partial charge in [-0.2, -0.15) is 0 Å². The molecule has 0 amide bonds. The van der Waals surface area contributed by atoms with Crippen LogP contribution in [0.1, 0.15) is 10.4 Å². The van der Waals surface area contributed by atoms with Crippen molar-refractivity contribution in [3.05, 3.63) is 42.0 Å². The van der Waals surface area contributed by atoms with Crippen molar-refractivity contribution >= 4 is 16.7 Å². The SMILES string of the molecule is O=C([O-])c1cccc2ccc(O)cc12.[Na+]. The Morgan fingerprint density at radius 3 is 2.60 bits per heavy atom. The Labute approximate surface area is 109 Å². The molecule has 0 radical (unpaired) electrons. The van der Waals surface area contributed by atoms with Gasteiger partial charge in [0.1, 0.15) is 5.75 Å². The van der Waals surface area contributed by atoms with Gasteiger partial charge in [-0.05, 0) is 22.9 Å². The van der Waals surface area contributed by atoms with E-state index in [4.69, 9.17) is 0 Å². The second kappa shape index (κ2) is 4.66. The van der Waals surface area contributed by atoms with Crippen LogP contribution in [0.15, 0.2) is 36.4 Å². The summed E-state index contributed by atoms with van der Waals surface area (Å²) < 4.78 is 0. The fourth-order valence-corrected chi connectivity index (χ4v) is 1.44. The second-order valence-electron chi connectivity index (χ2n) is 3.00. The zero-order valence-corrected chi connectivity index (χ0v) is 10.2. The standard InChI is InChI=1S/C11H8O3.Na/c12-8-5-4-7-2-1-3-9(11(13)14)10(7)6-8;/h1-6,12H,(H,13,14);/q;+1/p-1. The molecule has 0 aliphatic heterocycles. The molecule has 0 aliphatic rings. The Kier molecular flexibility index (Phi) is 3.74. The molecule has 0 atom stereocenters. The minimum absolute atomic E-state index is 0. The Balaban J connectivity index is 0.00000112. The first-order valence-electron chi connectivity index (χ1n) is 4.11. The second-order valence-corrected chi connectivity index (χ2v) is 3.00. The summed E-state index contributed by atoms with van der Waals surface area (Å²) in [6.07, 6.45) is 0. The quantitative estimate of drug-likeness (QED) is 0.549. The molecule has 1 N–H and O–H groups in total. The van der Waals surface area contributed by atoms with Crippen molar-refractivity contribution in [1.29, 1.82) is 0 Å². The maximum atomic E-state index is 10.7. The van der Waals surface area contributed by atoms with E-state index in [1.54, 1.807) is 18.2 Å². The van der Waals surface area contributed by atoms with E-state index in [0.717, 1.165) is 5.39 Å². The molecule has 70 valence electrons. The number of hydrogen-bond donors (Lipinski definition) is 1. The molecule has 0 bridgehead atoms. The van der Waals surface area contributed by atoms with Gasteiger partial charge in [-0.15, -0.1) is 0 Å². The number of hydrogen-bond acceptors (Lipinski definition) is 3. The van der Waals surface area contributed by atoms with Gasteiger partial charge in [0.05, 0.1) is 5.97 Å². The number of aromatic carboxylic acids is 1. The van der Waals surface area contributed by atoms with E-state index in [1.807, 2.05) is 0 Å². The Morgan fingerprint density at radius 2 is 1.93 bits per heavy atom. The first kappa shape index (κ1) is 12.0. The molecule has 0 unspecified atom stereocenters. The van der Waals surface area contributed by atoms with Crippen molar-refractivity contribution < 1.29 is 44.6 Å². The van der Waals surface area contributed by atoms with Crippen LogP contribution in [-0.2, 0) is 0 Å². The van der Waals surface area contributed by atoms with Crippen LogP contribution in [0.4, 0.5) is 0 Å². The number of carbonyl (C=O) groups is 1. The molecule has 0 heterocycles. The summed E-state index contributed by atoms with van der Waals surface area (Å²) in [6, 6.07) is 9.47. The van der Waals surface area contributed by atoms with Crippen molar-refractivity contribution in [3.63, 3.8) is 0 Å². The monoisotopic (exact) mass is 210 g/mol. The van der Waals surface area contributed by atoms with Crippen LogP contribution in [0.5, 0.6) is 5.75 Å². The molecule has 4 heteroatoms. The van der Waals surface area contributed by atoms with Crippen LogP contribution >= 0.6 is 0 Å². The molecule has 2 rings (SSSR count). The predicted octanol–water partition coefficient (Wildman–Crippen LogP) is -2.09. The molecule has 15 heavy (non-hydrogen) atoms. The summed E-state index contributed by atoms with van der Waals surface area (Å²) in [4.78, 5) is 10.7. The first-order chi connectivity index (χ1) is 6.68. The number of aromatic hydroxyl groups is 1. The van der Waals surface area contributed by atoms with Gasteiger partial charge >= 0.3 is 29.6 Å². The number of phenolic OH excluding ortho intramolecular Hbond substituents is 1. The van der Waals surface area contributed by atoms with Crippen LogP contribution in [0.25, 0.3) is 10.8 Å². The molecule has 0 saturated heterocycles. The molecular formula is C11H7NaO3. The Bertz CT molecular complexity index is 508. The first-order valence-corrected chi connectivity index (χ1v) is 4.11. The van der Waals surface area contributed by atoms with Gasteiger partial charge in [-0.25, -0.2) is 0 Å². The molecule has 0 spiro atoms. The van der Waals surface area contributed by atoms with E-state index in [9.17, 15) is 15.0 Å². The molecule has 2 aromatic rings. The van der Waals surface area contributed by atoms with Crippen molar-refractivity contribution in [3.8, 4) is 5.75 Å². The molecule has 0 aliphatic carbocycles. The smallest absolute Gasteiger partial charge is 0.545 e. The van der Waals surface area contributed by atoms with Crippen molar-refractivity contribution in [2.75, 3.05) is 0 Å². The van der Waals surface area contributed by atoms with Crippen LogP contribution < -0.4 is 34.7 Å². The normalized spacial score (nSPS) is 9.60. The minimum atomic E-state index is -1.23. The van der Waals surface area contributed by atoms with E-state index in [0.29, 0.717) is 5.39 Å². The summed E-state index contributed by atoms with van der Waals surface area (Å²) in [5.41, 5.74) is 0.0957. The number of carbonyl (C=O) groups excluding carboxylic acids is 1. The van der Waals surface area contributed by atoms with E-state index < -0.39 is 5.97 Å². The number of fused-ring (bicyclic) bond motifs is 1. The van der Waals surface area contributed by atoms with Gasteiger partial charge in [-0.3, -0.25) is 0 Å². The number of benzene rings is 2. The third kappa shape index (κ3) is 2.31. The van der Waals surface area contributed by atoms with Crippen molar-refractivity contribution in [2.24, 2.45) is 0 Å². The van der Waals surface area contributed by atoms with E-state index in [2.05, 4.69) is 0 Å². The number of carboxylic acid groups (broad SMARTS) is 1. The van der Waals surface area contributed by atoms with Crippen LogP contribution in [0, 0.1) is 0 Å². The van der Waals surface area contributed by atoms with Gasteiger partial charge in [0.25, 0.3) is 0 Å². The predicted molar refractivity (Wildman–Crippen MR) is 49.9 cm³/mol. The van der Waals surface area contributed by atoms with Gasteiger partial charge in [0.2, 0.25) is 0 Å². The number of phenols is 1. The Morgan fingerprint density at radius 1 is 1.20 bits per heavy atom. The molecule has 0 saturated carbocycles. The van der Waals surface area contributed by atoms with Crippen molar-refractivity contribution in [1.82, 2.24) is 0 Å². The van der Waals surface area contributed by atoms with Crippen LogP contribution in [-0.4, -0.2) is 11.1 Å². The minimum Gasteiger partial charge on any atom is -0.545 e. The van der Waals surface area contributed by atoms with Gasteiger partial charge in [0.15, 0.2) is 0 Å². The van der Waals surface area contributed by atoms with Gasteiger partial charge < -0.3 is 15.0 Å².